The summed E-state index contributed by atoms with van der Waals surface area (Å²) in [5.74, 6) is 2.43. The first kappa shape index (κ1) is 16.5. The molecular weight excluding hydrogens is 208 g/mol. The van der Waals surface area contributed by atoms with E-state index in [9.17, 15) is 5.11 Å². The fourth-order valence-corrected chi connectivity index (χ4v) is 2.03. The largest absolute Gasteiger partial charge is 0.378 e. The molecule has 0 aliphatic carbocycles. The van der Waals surface area contributed by atoms with Crippen LogP contribution in [0.15, 0.2) is 0 Å². The molecule has 0 fully saturated rings. The molecule has 0 aromatic rings. The highest BCUT2D eigenvalue weighted by atomic mass is 16.3. The van der Waals surface area contributed by atoms with Crippen molar-refractivity contribution in [1.82, 2.24) is 0 Å². The fourth-order valence-electron chi connectivity index (χ4n) is 2.03. The van der Waals surface area contributed by atoms with E-state index >= 15 is 0 Å². The van der Waals surface area contributed by atoms with Crippen molar-refractivity contribution < 1.29 is 5.11 Å². The van der Waals surface area contributed by atoms with Crippen molar-refractivity contribution in [2.24, 2.45) is 0 Å². The lowest BCUT2D eigenvalue weighted by Crippen LogP contribution is -2.20. The van der Waals surface area contributed by atoms with Gasteiger partial charge in [-0.1, -0.05) is 70.6 Å². The summed E-state index contributed by atoms with van der Waals surface area (Å²) >= 11 is 0. The Labute approximate surface area is 108 Å². The predicted octanol–water partition coefficient (Wildman–Crippen LogP) is 4.68. The molecule has 0 rings (SSSR count). The summed E-state index contributed by atoms with van der Waals surface area (Å²) in [5, 5.41) is 9.61. The Bertz CT molecular complexity index is 200. The zero-order valence-corrected chi connectivity index (χ0v) is 11.8. The van der Waals surface area contributed by atoms with E-state index in [1.165, 1.54) is 57.8 Å². The van der Waals surface area contributed by atoms with Gasteiger partial charge >= 0.3 is 0 Å². The van der Waals surface area contributed by atoms with Crippen LogP contribution >= 0.6 is 0 Å². The molecule has 1 N–H and O–H groups in total. The summed E-state index contributed by atoms with van der Waals surface area (Å²) < 4.78 is 0. The van der Waals surface area contributed by atoms with Crippen LogP contribution in [0.1, 0.15) is 84.5 Å². The normalized spacial score (nSPS) is 14.2. The Morgan fingerprint density at radius 2 is 1.29 bits per heavy atom. The van der Waals surface area contributed by atoms with Gasteiger partial charge in [0.05, 0.1) is 0 Å². The van der Waals surface area contributed by atoms with Crippen molar-refractivity contribution in [3.05, 3.63) is 0 Å². The van der Waals surface area contributed by atoms with E-state index in [0.29, 0.717) is 0 Å². The zero-order chi connectivity index (χ0) is 13.0. The van der Waals surface area contributed by atoms with Gasteiger partial charge in [-0.3, -0.25) is 0 Å². The second-order valence-electron chi connectivity index (χ2n) is 5.35. The second-order valence-corrected chi connectivity index (χ2v) is 5.35. The van der Waals surface area contributed by atoms with Gasteiger partial charge in [-0.25, -0.2) is 0 Å². The molecule has 100 valence electrons. The Balaban J connectivity index is 3.12. The van der Waals surface area contributed by atoms with Crippen LogP contribution in [0.3, 0.4) is 0 Å². The van der Waals surface area contributed by atoms with E-state index in [1.54, 1.807) is 6.92 Å². The van der Waals surface area contributed by atoms with Crippen LogP contribution in [0, 0.1) is 12.3 Å². The van der Waals surface area contributed by atoms with Crippen LogP contribution < -0.4 is 0 Å². The maximum absolute atomic E-state index is 9.61. The first-order valence-electron chi connectivity index (χ1n) is 7.32. The molecule has 1 heteroatoms. The van der Waals surface area contributed by atoms with Crippen molar-refractivity contribution in [3.63, 3.8) is 0 Å². The van der Waals surface area contributed by atoms with E-state index < -0.39 is 5.60 Å². The molecule has 0 saturated carbocycles. The Morgan fingerprint density at radius 1 is 0.882 bits per heavy atom. The van der Waals surface area contributed by atoms with Crippen LogP contribution in [0.2, 0.25) is 0 Å². The second kappa shape index (κ2) is 10.7. The maximum atomic E-state index is 9.61. The van der Waals surface area contributed by atoms with Crippen LogP contribution in [0.5, 0.6) is 0 Å². The number of aliphatic hydroxyl groups is 1. The molecule has 0 radical (unpaired) electrons. The van der Waals surface area contributed by atoms with Crippen molar-refractivity contribution in [3.8, 4) is 12.3 Å². The summed E-state index contributed by atoms with van der Waals surface area (Å²) in [5.41, 5.74) is -0.889. The summed E-state index contributed by atoms with van der Waals surface area (Å²) in [6.45, 7) is 3.98. The van der Waals surface area contributed by atoms with Crippen LogP contribution in [-0.2, 0) is 0 Å². The summed E-state index contributed by atoms with van der Waals surface area (Å²) in [6, 6.07) is 0. The number of terminal acetylenes is 1. The lowest BCUT2D eigenvalue weighted by molar-refractivity contribution is 0.109. The van der Waals surface area contributed by atoms with E-state index in [-0.39, 0.29) is 0 Å². The van der Waals surface area contributed by atoms with Gasteiger partial charge in [-0.2, -0.15) is 0 Å². The molecule has 17 heavy (non-hydrogen) atoms. The molecule has 0 bridgehead atoms. The van der Waals surface area contributed by atoms with Gasteiger partial charge in [-0.15, -0.1) is 6.42 Å². The molecule has 1 nitrogen and oxygen atoms in total. The highest BCUT2D eigenvalue weighted by Gasteiger charge is 2.14. The molecular formula is C16H30O. The molecule has 0 amide bonds. The molecule has 1 atom stereocenters. The number of unbranched alkanes of at least 4 members (excludes halogenated alkanes) is 9. The molecule has 0 aliphatic rings. The zero-order valence-electron chi connectivity index (χ0n) is 11.8. The SMILES string of the molecule is C#C[C@@](C)(O)CCCCCCCCCCCC. The van der Waals surface area contributed by atoms with Gasteiger partial charge in [0.25, 0.3) is 0 Å². The highest BCUT2D eigenvalue weighted by molar-refractivity contribution is 5.03. The maximum Gasteiger partial charge on any atom is 0.122 e. The number of hydrogen-bond donors (Lipinski definition) is 1. The van der Waals surface area contributed by atoms with Crippen LogP contribution in [0.4, 0.5) is 0 Å². The number of hydrogen-bond acceptors (Lipinski definition) is 1. The molecule has 0 aliphatic heterocycles. The molecule has 0 spiro atoms. The van der Waals surface area contributed by atoms with Crippen molar-refractivity contribution in [2.45, 2.75) is 90.1 Å². The first-order chi connectivity index (χ1) is 8.12. The predicted molar refractivity (Wildman–Crippen MR) is 75.9 cm³/mol. The minimum absolute atomic E-state index is 0.736. The highest BCUT2D eigenvalue weighted by Crippen LogP contribution is 2.15. The lowest BCUT2D eigenvalue weighted by Gasteiger charge is -2.15. The van der Waals surface area contributed by atoms with E-state index in [1.807, 2.05) is 0 Å². The van der Waals surface area contributed by atoms with E-state index in [4.69, 9.17) is 6.42 Å². The van der Waals surface area contributed by atoms with Gasteiger partial charge in [-0.05, 0) is 19.8 Å². The molecule has 0 unspecified atom stereocenters. The average Bonchev–Trinajstić information content (AvgIpc) is 2.31. The van der Waals surface area contributed by atoms with Gasteiger partial charge in [0.1, 0.15) is 5.60 Å². The smallest absolute Gasteiger partial charge is 0.122 e. The Morgan fingerprint density at radius 3 is 1.71 bits per heavy atom. The quantitative estimate of drug-likeness (QED) is 0.409. The lowest BCUT2D eigenvalue weighted by atomic mass is 9.98. The standard InChI is InChI=1S/C16H30O/c1-4-6-7-8-9-10-11-12-13-14-15-16(3,17)5-2/h2,17H,4,6-15H2,1,3H3/t16-/m1/s1. The van der Waals surface area contributed by atoms with E-state index in [2.05, 4.69) is 12.8 Å². The number of rotatable bonds is 11. The Kier molecular flexibility index (Phi) is 10.4. The molecule has 0 aromatic heterocycles. The van der Waals surface area contributed by atoms with Crippen molar-refractivity contribution in [2.75, 3.05) is 0 Å². The topological polar surface area (TPSA) is 20.2 Å². The van der Waals surface area contributed by atoms with Gasteiger partial charge in [0, 0.05) is 0 Å². The van der Waals surface area contributed by atoms with Gasteiger partial charge in [0.15, 0.2) is 0 Å². The average molecular weight is 238 g/mol. The molecule has 0 saturated heterocycles. The van der Waals surface area contributed by atoms with Gasteiger partial charge in [0.2, 0.25) is 0 Å². The monoisotopic (exact) mass is 238 g/mol. The van der Waals surface area contributed by atoms with E-state index in [0.717, 1.165) is 12.8 Å². The van der Waals surface area contributed by atoms with Crippen molar-refractivity contribution >= 4 is 0 Å². The third-order valence-corrected chi connectivity index (χ3v) is 3.33. The fraction of sp³-hybridized carbons (Fsp3) is 0.875. The third kappa shape index (κ3) is 11.8. The summed E-state index contributed by atoms with van der Waals surface area (Å²) in [4.78, 5) is 0. The van der Waals surface area contributed by atoms with Crippen LogP contribution in [0.25, 0.3) is 0 Å². The third-order valence-electron chi connectivity index (χ3n) is 3.33. The molecule has 0 aromatic carbocycles. The molecule has 0 heterocycles. The van der Waals surface area contributed by atoms with Crippen molar-refractivity contribution in [1.29, 1.82) is 0 Å². The minimum Gasteiger partial charge on any atom is -0.378 e. The first-order valence-corrected chi connectivity index (χ1v) is 7.32. The summed E-state index contributed by atoms with van der Waals surface area (Å²) in [6.07, 6.45) is 19.1. The van der Waals surface area contributed by atoms with Gasteiger partial charge < -0.3 is 5.11 Å². The Hall–Kier alpha value is -0.480. The van der Waals surface area contributed by atoms with Crippen LogP contribution in [-0.4, -0.2) is 10.7 Å². The summed E-state index contributed by atoms with van der Waals surface area (Å²) in [7, 11) is 0. The minimum atomic E-state index is -0.889.